The van der Waals surface area contributed by atoms with Gasteiger partial charge in [-0.2, -0.15) is 0 Å². The van der Waals surface area contributed by atoms with Crippen molar-refractivity contribution in [2.75, 3.05) is 12.4 Å². The Morgan fingerprint density at radius 3 is 2.64 bits per heavy atom. The summed E-state index contributed by atoms with van der Waals surface area (Å²) in [4.78, 5) is 0. The summed E-state index contributed by atoms with van der Waals surface area (Å²) in [5.74, 6) is 0.846. The summed E-state index contributed by atoms with van der Waals surface area (Å²) < 4.78 is 0. The number of rotatable bonds is 2. The second-order valence-corrected chi connectivity index (χ2v) is 3.11. The van der Waals surface area contributed by atoms with Gasteiger partial charge in [0, 0.05) is 12.7 Å². The normalized spacial score (nSPS) is 16.5. The second-order valence-electron chi connectivity index (χ2n) is 3.11. The fourth-order valence-corrected chi connectivity index (χ4v) is 1.48. The summed E-state index contributed by atoms with van der Waals surface area (Å²) >= 11 is 0. The van der Waals surface area contributed by atoms with E-state index in [-0.39, 0.29) is 0 Å². The van der Waals surface area contributed by atoms with Crippen molar-refractivity contribution in [3.05, 3.63) is 29.8 Å². The Bertz CT molecular complexity index is 251. The van der Waals surface area contributed by atoms with E-state index in [1.54, 1.807) is 0 Å². The van der Waals surface area contributed by atoms with Gasteiger partial charge in [-0.25, -0.2) is 0 Å². The predicted octanol–water partition coefficient (Wildman–Crippen LogP) is 2.61. The fourth-order valence-electron chi connectivity index (χ4n) is 1.48. The first-order valence-electron chi connectivity index (χ1n) is 4.18. The molecule has 0 bridgehead atoms. The highest BCUT2D eigenvalue weighted by atomic mass is 14.8. The third-order valence-corrected chi connectivity index (χ3v) is 2.25. The molecule has 1 fully saturated rings. The first-order chi connectivity index (χ1) is 5.42. The number of para-hydroxylation sites is 1. The zero-order valence-corrected chi connectivity index (χ0v) is 6.80. The molecule has 1 saturated carbocycles. The zero-order valence-electron chi connectivity index (χ0n) is 6.80. The van der Waals surface area contributed by atoms with Crippen LogP contribution in [0.15, 0.2) is 24.3 Å². The fraction of sp³-hybridized carbons (Fsp3) is 0.400. The molecule has 1 aliphatic carbocycles. The summed E-state index contributed by atoms with van der Waals surface area (Å²) in [5, 5.41) is 3.22. The average Bonchev–Trinajstić information content (AvgIpc) is 2.87. The first-order valence-corrected chi connectivity index (χ1v) is 4.18. The molecule has 0 unspecified atom stereocenters. The Kier molecular flexibility index (Phi) is 1.57. The van der Waals surface area contributed by atoms with Gasteiger partial charge in [-0.15, -0.1) is 0 Å². The molecule has 0 amide bonds. The molecule has 1 nitrogen and oxygen atoms in total. The van der Waals surface area contributed by atoms with E-state index >= 15 is 0 Å². The quantitative estimate of drug-likeness (QED) is 0.678. The van der Waals surface area contributed by atoms with Crippen LogP contribution in [-0.2, 0) is 0 Å². The molecule has 1 aliphatic rings. The molecule has 0 aromatic heterocycles. The zero-order chi connectivity index (χ0) is 7.68. The van der Waals surface area contributed by atoms with Crippen molar-refractivity contribution in [1.29, 1.82) is 0 Å². The van der Waals surface area contributed by atoms with Crippen molar-refractivity contribution in [2.45, 2.75) is 18.8 Å². The Balaban J connectivity index is 2.34. The first kappa shape index (κ1) is 6.71. The molecule has 1 N–H and O–H groups in total. The number of hydrogen-bond donors (Lipinski definition) is 1. The van der Waals surface area contributed by atoms with Gasteiger partial charge < -0.3 is 5.32 Å². The van der Waals surface area contributed by atoms with E-state index < -0.39 is 0 Å². The number of hydrogen-bond acceptors (Lipinski definition) is 1. The lowest BCUT2D eigenvalue weighted by atomic mass is 10.1. The Hall–Kier alpha value is -0.980. The maximum atomic E-state index is 3.22. The molecule has 1 aromatic rings. The van der Waals surface area contributed by atoms with E-state index in [1.165, 1.54) is 24.1 Å². The lowest BCUT2D eigenvalue weighted by Gasteiger charge is -2.06. The minimum Gasteiger partial charge on any atom is -0.388 e. The summed E-state index contributed by atoms with van der Waals surface area (Å²) in [5.41, 5.74) is 2.80. The van der Waals surface area contributed by atoms with Crippen molar-refractivity contribution < 1.29 is 0 Å². The van der Waals surface area contributed by atoms with Crippen molar-refractivity contribution in [3.8, 4) is 0 Å². The minimum absolute atomic E-state index is 0.846. The SMILES string of the molecule is CNc1ccccc1C1CC1. The van der Waals surface area contributed by atoms with Gasteiger partial charge in [0.2, 0.25) is 0 Å². The van der Waals surface area contributed by atoms with Crippen LogP contribution in [-0.4, -0.2) is 7.05 Å². The molecular weight excluding hydrogens is 134 g/mol. The molecule has 1 aromatic carbocycles. The van der Waals surface area contributed by atoms with E-state index in [0.717, 1.165) is 5.92 Å². The third kappa shape index (κ3) is 1.23. The number of benzene rings is 1. The van der Waals surface area contributed by atoms with Gasteiger partial charge in [0.15, 0.2) is 0 Å². The molecule has 0 aliphatic heterocycles. The Morgan fingerprint density at radius 2 is 2.00 bits per heavy atom. The van der Waals surface area contributed by atoms with Crippen LogP contribution >= 0.6 is 0 Å². The van der Waals surface area contributed by atoms with Crippen molar-refractivity contribution in [2.24, 2.45) is 0 Å². The highest BCUT2D eigenvalue weighted by molar-refractivity contribution is 5.53. The number of anilines is 1. The summed E-state index contributed by atoms with van der Waals surface area (Å²) in [6.45, 7) is 0. The molecule has 0 radical (unpaired) electrons. The second kappa shape index (κ2) is 2.57. The molecule has 0 heterocycles. The van der Waals surface area contributed by atoms with Gasteiger partial charge in [0.25, 0.3) is 0 Å². The van der Waals surface area contributed by atoms with Crippen LogP contribution < -0.4 is 5.32 Å². The lowest BCUT2D eigenvalue weighted by molar-refractivity contribution is 1.13. The van der Waals surface area contributed by atoms with Crippen molar-refractivity contribution >= 4 is 5.69 Å². The monoisotopic (exact) mass is 147 g/mol. The van der Waals surface area contributed by atoms with Gasteiger partial charge >= 0.3 is 0 Å². The Labute approximate surface area is 67.4 Å². The van der Waals surface area contributed by atoms with Crippen LogP contribution in [0.3, 0.4) is 0 Å². The molecular formula is C10H13N. The van der Waals surface area contributed by atoms with E-state index in [4.69, 9.17) is 0 Å². The van der Waals surface area contributed by atoms with E-state index in [2.05, 4.69) is 29.6 Å². The van der Waals surface area contributed by atoms with Crippen LogP contribution in [0.5, 0.6) is 0 Å². The van der Waals surface area contributed by atoms with Crippen LogP contribution in [0.4, 0.5) is 5.69 Å². The summed E-state index contributed by atoms with van der Waals surface area (Å²) in [6, 6.07) is 8.57. The largest absolute Gasteiger partial charge is 0.388 e. The van der Waals surface area contributed by atoms with Crippen LogP contribution in [0.2, 0.25) is 0 Å². The van der Waals surface area contributed by atoms with Crippen molar-refractivity contribution in [1.82, 2.24) is 0 Å². The van der Waals surface area contributed by atoms with Gasteiger partial charge in [-0.3, -0.25) is 0 Å². The smallest absolute Gasteiger partial charge is 0.0372 e. The molecule has 58 valence electrons. The van der Waals surface area contributed by atoms with Gasteiger partial charge in [0.1, 0.15) is 0 Å². The average molecular weight is 147 g/mol. The van der Waals surface area contributed by atoms with Gasteiger partial charge in [-0.05, 0) is 30.4 Å². The molecule has 1 heteroatoms. The minimum atomic E-state index is 0.846. The maximum Gasteiger partial charge on any atom is 0.0372 e. The van der Waals surface area contributed by atoms with Gasteiger partial charge in [0.05, 0.1) is 0 Å². The topological polar surface area (TPSA) is 12.0 Å². The van der Waals surface area contributed by atoms with E-state index in [1.807, 2.05) is 7.05 Å². The lowest BCUT2D eigenvalue weighted by Crippen LogP contribution is -1.92. The Morgan fingerprint density at radius 1 is 1.27 bits per heavy atom. The highest BCUT2D eigenvalue weighted by Gasteiger charge is 2.25. The van der Waals surface area contributed by atoms with Crippen LogP contribution in [0.25, 0.3) is 0 Å². The molecule has 2 rings (SSSR count). The predicted molar refractivity (Wildman–Crippen MR) is 48.0 cm³/mol. The van der Waals surface area contributed by atoms with Crippen LogP contribution in [0, 0.1) is 0 Å². The third-order valence-electron chi connectivity index (χ3n) is 2.25. The van der Waals surface area contributed by atoms with Crippen molar-refractivity contribution in [3.63, 3.8) is 0 Å². The molecule has 0 spiro atoms. The summed E-state index contributed by atoms with van der Waals surface area (Å²) in [6.07, 6.45) is 2.75. The highest BCUT2D eigenvalue weighted by Crippen LogP contribution is 2.42. The number of nitrogens with one attached hydrogen (secondary N) is 1. The molecule has 0 atom stereocenters. The van der Waals surface area contributed by atoms with Gasteiger partial charge in [-0.1, -0.05) is 18.2 Å². The van der Waals surface area contributed by atoms with E-state index in [0.29, 0.717) is 0 Å². The molecule has 0 saturated heterocycles. The maximum absolute atomic E-state index is 3.22. The summed E-state index contributed by atoms with van der Waals surface area (Å²) in [7, 11) is 1.99. The van der Waals surface area contributed by atoms with E-state index in [9.17, 15) is 0 Å². The molecule has 11 heavy (non-hydrogen) atoms. The standard InChI is InChI=1S/C10H13N/c1-11-10-5-3-2-4-9(10)8-6-7-8/h2-5,8,11H,6-7H2,1H3. The van der Waals surface area contributed by atoms with Crippen LogP contribution in [0.1, 0.15) is 24.3 Å².